The van der Waals surface area contributed by atoms with Crippen LogP contribution in [-0.4, -0.2) is 50.8 Å². The zero-order chi connectivity index (χ0) is 21.5. The molecule has 162 valence electrons. The monoisotopic (exact) mass is 423 g/mol. The van der Waals surface area contributed by atoms with Crippen LogP contribution in [0.5, 0.6) is 11.5 Å². The van der Waals surface area contributed by atoms with Crippen LogP contribution >= 0.6 is 0 Å². The quantitative estimate of drug-likeness (QED) is 0.660. The standard InChI is InChI=1S/C24H27N3O4/c1-16-3-4-17(2)19(11-16)27-23(28)13-20(24(27)29)26-9-7-25(8-10-26)14-18-5-6-21-22(12-18)31-15-30-21/h3-6,11-12,20H,7-10,13-15H2,1-2H3/p+2/t20-/m1/s1. The fourth-order valence-corrected chi connectivity index (χ4v) is 4.95. The molecule has 2 saturated heterocycles. The number of amides is 2. The Hall–Kier alpha value is -2.90. The Morgan fingerprint density at radius 1 is 0.968 bits per heavy atom. The molecule has 2 amide bonds. The van der Waals surface area contributed by atoms with Crippen molar-refractivity contribution in [2.45, 2.75) is 32.9 Å². The van der Waals surface area contributed by atoms with Crippen LogP contribution in [0, 0.1) is 13.8 Å². The fraction of sp³-hybridized carbons (Fsp3) is 0.417. The van der Waals surface area contributed by atoms with Gasteiger partial charge in [-0.25, -0.2) is 4.90 Å². The summed E-state index contributed by atoms with van der Waals surface area (Å²) in [6.07, 6.45) is 0.305. The molecule has 31 heavy (non-hydrogen) atoms. The minimum Gasteiger partial charge on any atom is -0.454 e. The molecule has 2 aromatic carbocycles. The lowest BCUT2D eigenvalue weighted by Gasteiger charge is -2.32. The molecule has 2 N–H and O–H groups in total. The van der Waals surface area contributed by atoms with Gasteiger partial charge >= 0.3 is 0 Å². The third-order valence-electron chi connectivity index (χ3n) is 6.74. The molecule has 0 spiro atoms. The van der Waals surface area contributed by atoms with Crippen LogP contribution < -0.4 is 24.2 Å². The first-order valence-corrected chi connectivity index (χ1v) is 11.0. The van der Waals surface area contributed by atoms with Gasteiger partial charge in [-0.2, -0.15) is 0 Å². The number of nitrogens with zero attached hydrogens (tertiary/aromatic N) is 1. The van der Waals surface area contributed by atoms with Crippen molar-refractivity contribution in [1.29, 1.82) is 0 Å². The summed E-state index contributed by atoms with van der Waals surface area (Å²) >= 11 is 0. The number of nitrogens with one attached hydrogen (secondary N) is 2. The molecule has 0 aromatic heterocycles. The highest BCUT2D eigenvalue weighted by molar-refractivity contribution is 6.22. The Bertz CT molecular complexity index is 1030. The van der Waals surface area contributed by atoms with E-state index in [1.807, 2.05) is 38.1 Å². The van der Waals surface area contributed by atoms with Crippen molar-refractivity contribution in [3.8, 4) is 11.5 Å². The lowest BCUT2D eigenvalue weighted by atomic mass is 10.1. The Kier molecular flexibility index (Phi) is 5.16. The summed E-state index contributed by atoms with van der Waals surface area (Å²) in [5.41, 5.74) is 3.98. The molecular formula is C24H29N3O4+2. The highest BCUT2D eigenvalue weighted by Crippen LogP contribution is 2.32. The van der Waals surface area contributed by atoms with Crippen molar-refractivity contribution in [2.24, 2.45) is 0 Å². The van der Waals surface area contributed by atoms with Gasteiger partial charge in [0, 0.05) is 5.56 Å². The van der Waals surface area contributed by atoms with E-state index < -0.39 is 0 Å². The Labute approximate surface area is 182 Å². The number of anilines is 1. The molecule has 0 unspecified atom stereocenters. The fourth-order valence-electron chi connectivity index (χ4n) is 4.95. The van der Waals surface area contributed by atoms with E-state index in [1.54, 1.807) is 0 Å². The summed E-state index contributed by atoms with van der Waals surface area (Å²) in [5, 5.41) is 0. The van der Waals surface area contributed by atoms with Gasteiger partial charge in [-0.05, 0) is 49.2 Å². The number of hydrogen-bond acceptors (Lipinski definition) is 4. The zero-order valence-electron chi connectivity index (χ0n) is 18.1. The first kappa shape index (κ1) is 20.0. The zero-order valence-corrected chi connectivity index (χ0v) is 18.1. The highest BCUT2D eigenvalue weighted by Gasteiger charge is 2.47. The van der Waals surface area contributed by atoms with Gasteiger partial charge in [-0.3, -0.25) is 9.59 Å². The average molecular weight is 424 g/mol. The van der Waals surface area contributed by atoms with Gasteiger partial charge in [0.1, 0.15) is 32.7 Å². The lowest BCUT2D eigenvalue weighted by Crippen LogP contribution is -3.29. The number of fused-ring (bicyclic) bond motifs is 1. The number of imide groups is 1. The van der Waals surface area contributed by atoms with E-state index in [-0.39, 0.29) is 17.9 Å². The van der Waals surface area contributed by atoms with Crippen molar-refractivity contribution < 1.29 is 28.9 Å². The number of piperazine rings is 1. The van der Waals surface area contributed by atoms with Crippen LogP contribution in [0.3, 0.4) is 0 Å². The van der Waals surface area contributed by atoms with Crippen LogP contribution in [-0.2, 0) is 16.1 Å². The Balaban J connectivity index is 1.22. The second-order valence-electron chi connectivity index (χ2n) is 8.89. The van der Waals surface area contributed by atoms with E-state index in [4.69, 9.17) is 9.47 Å². The van der Waals surface area contributed by atoms with Gasteiger partial charge in [0.2, 0.25) is 12.7 Å². The summed E-state index contributed by atoms with van der Waals surface area (Å²) in [5.74, 6) is 1.51. The first-order chi connectivity index (χ1) is 15.0. The highest BCUT2D eigenvalue weighted by atomic mass is 16.7. The maximum absolute atomic E-state index is 13.2. The molecule has 5 rings (SSSR count). The molecule has 0 radical (unpaired) electrons. The van der Waals surface area contributed by atoms with Crippen LogP contribution in [0.25, 0.3) is 0 Å². The second-order valence-corrected chi connectivity index (χ2v) is 8.89. The molecule has 3 heterocycles. The molecule has 0 bridgehead atoms. The summed E-state index contributed by atoms with van der Waals surface area (Å²) in [6, 6.07) is 11.8. The molecule has 7 heteroatoms. The van der Waals surface area contributed by atoms with E-state index in [0.29, 0.717) is 13.2 Å². The van der Waals surface area contributed by atoms with Crippen LogP contribution in [0.2, 0.25) is 0 Å². The van der Waals surface area contributed by atoms with E-state index in [2.05, 4.69) is 12.1 Å². The lowest BCUT2D eigenvalue weighted by molar-refractivity contribution is -1.02. The predicted octanol–water partition coefficient (Wildman–Crippen LogP) is -0.352. The van der Waals surface area contributed by atoms with E-state index in [9.17, 15) is 9.59 Å². The molecule has 7 nitrogen and oxygen atoms in total. The molecular weight excluding hydrogens is 394 g/mol. The van der Waals surface area contributed by atoms with Gasteiger partial charge in [0.25, 0.3) is 5.91 Å². The topological polar surface area (TPSA) is 64.7 Å². The number of rotatable bonds is 4. The van der Waals surface area contributed by atoms with Gasteiger partial charge in [0.15, 0.2) is 17.5 Å². The van der Waals surface area contributed by atoms with E-state index in [1.165, 1.54) is 20.3 Å². The second kappa shape index (κ2) is 7.98. The van der Waals surface area contributed by atoms with E-state index in [0.717, 1.165) is 61.0 Å². The number of carbonyl (C=O) groups excluding carboxylic acids is 2. The largest absolute Gasteiger partial charge is 0.454 e. The Morgan fingerprint density at radius 2 is 1.74 bits per heavy atom. The molecule has 3 aliphatic heterocycles. The van der Waals surface area contributed by atoms with Crippen LogP contribution in [0.1, 0.15) is 23.1 Å². The molecule has 0 saturated carbocycles. The van der Waals surface area contributed by atoms with Gasteiger partial charge in [-0.15, -0.1) is 0 Å². The number of carbonyl (C=O) groups is 2. The SMILES string of the molecule is Cc1ccc(C)c(N2C(=O)C[C@@H]([NH+]3CC[NH+](Cc4ccc5c(c4)OCO5)CC3)C2=O)c1. The van der Waals surface area contributed by atoms with Crippen molar-refractivity contribution in [1.82, 2.24) is 0 Å². The van der Waals surface area contributed by atoms with Gasteiger partial charge < -0.3 is 19.3 Å². The maximum Gasteiger partial charge on any atom is 0.292 e. The third-order valence-corrected chi connectivity index (χ3v) is 6.74. The number of quaternary nitrogens is 2. The van der Waals surface area contributed by atoms with Crippen molar-refractivity contribution >= 4 is 17.5 Å². The molecule has 0 aliphatic carbocycles. The van der Waals surface area contributed by atoms with Crippen LogP contribution in [0.15, 0.2) is 36.4 Å². The molecule has 2 aromatic rings. The number of aryl methyl sites for hydroxylation is 2. The van der Waals surface area contributed by atoms with Gasteiger partial charge in [-0.1, -0.05) is 12.1 Å². The van der Waals surface area contributed by atoms with Gasteiger partial charge in [0.05, 0.1) is 12.1 Å². The first-order valence-electron chi connectivity index (χ1n) is 11.0. The van der Waals surface area contributed by atoms with Crippen molar-refractivity contribution in [3.63, 3.8) is 0 Å². The predicted molar refractivity (Wildman–Crippen MR) is 114 cm³/mol. The maximum atomic E-state index is 13.2. The summed E-state index contributed by atoms with van der Waals surface area (Å²) in [7, 11) is 0. The van der Waals surface area contributed by atoms with Crippen LogP contribution in [0.4, 0.5) is 5.69 Å². The van der Waals surface area contributed by atoms with Crippen molar-refractivity contribution in [2.75, 3.05) is 37.9 Å². The summed E-state index contributed by atoms with van der Waals surface area (Å²) in [6.45, 7) is 8.90. The molecule has 1 atom stereocenters. The van der Waals surface area contributed by atoms with Crippen molar-refractivity contribution in [3.05, 3.63) is 53.1 Å². The summed E-state index contributed by atoms with van der Waals surface area (Å²) < 4.78 is 10.9. The minimum atomic E-state index is -0.264. The molecule has 2 fully saturated rings. The molecule has 3 aliphatic rings. The normalized spacial score (nSPS) is 25.4. The third kappa shape index (κ3) is 3.79. The van der Waals surface area contributed by atoms with E-state index >= 15 is 0 Å². The number of benzene rings is 2. The summed E-state index contributed by atoms with van der Waals surface area (Å²) in [4.78, 5) is 30.1. The Morgan fingerprint density at radius 3 is 2.55 bits per heavy atom. The average Bonchev–Trinajstić information content (AvgIpc) is 3.34. The minimum absolute atomic E-state index is 0.0482. The number of ether oxygens (including phenoxy) is 2. The number of hydrogen-bond donors (Lipinski definition) is 2. The smallest absolute Gasteiger partial charge is 0.292 e.